The van der Waals surface area contributed by atoms with Crippen LogP contribution >= 0.6 is 23.1 Å². The van der Waals surface area contributed by atoms with Crippen LogP contribution in [-0.4, -0.2) is 36.6 Å². The van der Waals surface area contributed by atoms with Gasteiger partial charge in [-0.15, -0.1) is 17.8 Å². The zero-order chi connectivity index (χ0) is 23.5. The fraction of sp³-hybridized carbons (Fsp3) is 0.115. The van der Waals surface area contributed by atoms with Crippen LogP contribution in [0.3, 0.4) is 0 Å². The molecule has 0 atom stereocenters. The summed E-state index contributed by atoms with van der Waals surface area (Å²) in [5.74, 6) is 2.12. The molecule has 0 radical (unpaired) electrons. The Balaban J connectivity index is 1.44. The second kappa shape index (κ2) is 9.69. The first-order chi connectivity index (χ1) is 16.6. The van der Waals surface area contributed by atoms with Gasteiger partial charge in [0.05, 0.1) is 33.6 Å². The van der Waals surface area contributed by atoms with Crippen molar-refractivity contribution < 1.29 is 14.3 Å². The summed E-state index contributed by atoms with van der Waals surface area (Å²) in [6, 6.07) is 18.5. The molecule has 1 aliphatic rings. The van der Waals surface area contributed by atoms with Crippen molar-refractivity contribution in [1.29, 1.82) is 0 Å². The van der Waals surface area contributed by atoms with Gasteiger partial charge in [-0.1, -0.05) is 29.8 Å². The Morgan fingerprint density at radius 3 is 2.88 bits per heavy atom. The van der Waals surface area contributed by atoms with Crippen LogP contribution in [-0.2, 0) is 4.74 Å². The molecule has 168 valence electrons. The quantitative estimate of drug-likeness (QED) is 0.296. The standard InChI is InChI=1S/C26H19N3O3S2/c1-2-12-32-13-11-29-21-9-8-18(15-24(21)34-22-6-4-3-5-19(22)26(29)31)28-25(30)17-7-10-23-20(14-17)27-16-33-23/h1,3-10,14-16H,11-13H2,(H,28,30). The van der Waals surface area contributed by atoms with Crippen LogP contribution in [0.5, 0.6) is 0 Å². The molecule has 0 saturated heterocycles. The van der Waals surface area contributed by atoms with E-state index in [1.165, 1.54) is 23.1 Å². The van der Waals surface area contributed by atoms with E-state index < -0.39 is 0 Å². The highest BCUT2D eigenvalue weighted by atomic mass is 32.2. The molecule has 34 heavy (non-hydrogen) atoms. The summed E-state index contributed by atoms with van der Waals surface area (Å²) >= 11 is 3.03. The lowest BCUT2D eigenvalue weighted by Crippen LogP contribution is -2.34. The number of nitrogens with one attached hydrogen (secondary N) is 1. The van der Waals surface area contributed by atoms with Gasteiger partial charge in [0.25, 0.3) is 11.8 Å². The fourth-order valence-corrected chi connectivity index (χ4v) is 5.49. The third-order valence-corrected chi connectivity index (χ3v) is 7.26. The number of aromatic nitrogens is 1. The minimum atomic E-state index is -0.218. The summed E-state index contributed by atoms with van der Waals surface area (Å²) < 4.78 is 6.46. The molecule has 0 spiro atoms. The first-order valence-corrected chi connectivity index (χ1v) is 12.2. The normalized spacial score (nSPS) is 12.6. The van der Waals surface area contributed by atoms with E-state index in [9.17, 15) is 9.59 Å². The number of hydrogen-bond donors (Lipinski definition) is 1. The summed E-state index contributed by atoms with van der Waals surface area (Å²) in [5, 5.41) is 2.97. The van der Waals surface area contributed by atoms with Crippen molar-refractivity contribution in [2.75, 3.05) is 30.0 Å². The van der Waals surface area contributed by atoms with E-state index in [1.54, 1.807) is 28.6 Å². The topological polar surface area (TPSA) is 71.5 Å². The van der Waals surface area contributed by atoms with E-state index >= 15 is 0 Å². The molecule has 1 aliphatic heterocycles. The number of nitrogens with zero attached hydrogens (tertiary/aromatic N) is 2. The average Bonchev–Trinajstić information content (AvgIpc) is 3.29. The zero-order valence-corrected chi connectivity index (χ0v) is 19.6. The number of rotatable bonds is 6. The van der Waals surface area contributed by atoms with Crippen molar-refractivity contribution >= 4 is 56.5 Å². The van der Waals surface area contributed by atoms with E-state index in [0.29, 0.717) is 30.0 Å². The molecule has 0 bridgehead atoms. The maximum atomic E-state index is 13.3. The summed E-state index contributed by atoms with van der Waals surface area (Å²) in [5.41, 5.74) is 5.13. The van der Waals surface area contributed by atoms with Gasteiger partial charge in [-0.2, -0.15) is 0 Å². The van der Waals surface area contributed by atoms with Crippen molar-refractivity contribution in [3.63, 3.8) is 0 Å². The van der Waals surface area contributed by atoms with Crippen LogP contribution < -0.4 is 10.2 Å². The predicted molar refractivity (Wildman–Crippen MR) is 136 cm³/mol. The number of amides is 2. The Hall–Kier alpha value is -3.64. The van der Waals surface area contributed by atoms with E-state index in [-0.39, 0.29) is 18.4 Å². The van der Waals surface area contributed by atoms with Crippen LogP contribution in [0.25, 0.3) is 10.2 Å². The minimum Gasteiger partial charge on any atom is -0.367 e. The molecule has 5 rings (SSSR count). The first-order valence-electron chi connectivity index (χ1n) is 10.5. The molecule has 1 N–H and O–H groups in total. The number of fused-ring (bicyclic) bond motifs is 3. The van der Waals surface area contributed by atoms with Gasteiger partial charge in [0.1, 0.15) is 6.61 Å². The van der Waals surface area contributed by atoms with Gasteiger partial charge in [-0.05, 0) is 48.5 Å². The van der Waals surface area contributed by atoms with Crippen molar-refractivity contribution in [3.05, 3.63) is 77.3 Å². The molecule has 0 saturated carbocycles. The Morgan fingerprint density at radius 2 is 2.00 bits per heavy atom. The van der Waals surface area contributed by atoms with Crippen molar-refractivity contribution in [2.24, 2.45) is 0 Å². The van der Waals surface area contributed by atoms with Gasteiger partial charge >= 0.3 is 0 Å². The number of carbonyl (C=O) groups is 2. The number of hydrogen-bond acceptors (Lipinski definition) is 6. The second-order valence-corrected chi connectivity index (χ2v) is 9.45. The average molecular weight is 486 g/mol. The lowest BCUT2D eigenvalue weighted by atomic mass is 10.1. The van der Waals surface area contributed by atoms with E-state index in [4.69, 9.17) is 11.2 Å². The lowest BCUT2D eigenvalue weighted by molar-refractivity contribution is 0.0967. The molecule has 0 fully saturated rings. The molecule has 4 aromatic rings. The van der Waals surface area contributed by atoms with Gasteiger partial charge in [0.2, 0.25) is 0 Å². The smallest absolute Gasteiger partial charge is 0.259 e. The second-order valence-electron chi connectivity index (χ2n) is 7.48. The van der Waals surface area contributed by atoms with Crippen LogP contribution in [0, 0.1) is 12.3 Å². The Kier molecular flexibility index (Phi) is 6.32. The number of thiazole rings is 1. The van der Waals surface area contributed by atoms with Crippen molar-refractivity contribution in [2.45, 2.75) is 9.79 Å². The zero-order valence-electron chi connectivity index (χ0n) is 18.0. The van der Waals surface area contributed by atoms with Gasteiger partial charge in [0.15, 0.2) is 0 Å². The largest absolute Gasteiger partial charge is 0.367 e. The summed E-state index contributed by atoms with van der Waals surface area (Å²) in [4.78, 5) is 33.9. The molecule has 3 aromatic carbocycles. The molecular weight excluding hydrogens is 466 g/mol. The third-order valence-electron chi connectivity index (χ3n) is 5.33. The van der Waals surface area contributed by atoms with Gasteiger partial charge < -0.3 is 15.0 Å². The Morgan fingerprint density at radius 1 is 1.12 bits per heavy atom. The van der Waals surface area contributed by atoms with Crippen molar-refractivity contribution in [1.82, 2.24) is 4.98 Å². The Bertz CT molecular complexity index is 1440. The molecule has 6 nitrogen and oxygen atoms in total. The first kappa shape index (κ1) is 22.2. The molecule has 1 aromatic heterocycles. The van der Waals surface area contributed by atoms with E-state index in [2.05, 4.69) is 16.2 Å². The number of terminal acetylenes is 1. The molecule has 0 unspecified atom stereocenters. The van der Waals surface area contributed by atoms with E-state index in [0.717, 1.165) is 25.7 Å². The Labute approximate surface area is 205 Å². The minimum absolute atomic E-state index is 0.0977. The molecular formula is C26H19N3O3S2. The third kappa shape index (κ3) is 4.41. The number of benzene rings is 3. The highest BCUT2D eigenvalue weighted by molar-refractivity contribution is 7.99. The van der Waals surface area contributed by atoms with Crippen molar-refractivity contribution in [3.8, 4) is 12.3 Å². The van der Waals surface area contributed by atoms with Gasteiger partial charge in [-0.3, -0.25) is 9.59 Å². The van der Waals surface area contributed by atoms with E-state index in [1.807, 2.05) is 42.5 Å². The van der Waals surface area contributed by atoms with Crippen LogP contribution in [0.2, 0.25) is 0 Å². The number of ether oxygens (including phenoxy) is 1. The number of carbonyl (C=O) groups excluding carboxylic acids is 2. The molecule has 8 heteroatoms. The SMILES string of the molecule is C#CCOCCN1C(=O)c2ccccc2Sc2cc(NC(=O)c3ccc4scnc4c3)ccc21. The van der Waals surface area contributed by atoms with Crippen LogP contribution in [0.4, 0.5) is 11.4 Å². The molecule has 2 heterocycles. The highest BCUT2D eigenvalue weighted by Crippen LogP contribution is 2.42. The lowest BCUT2D eigenvalue weighted by Gasteiger charge is -2.23. The maximum absolute atomic E-state index is 13.3. The highest BCUT2D eigenvalue weighted by Gasteiger charge is 2.27. The summed E-state index contributed by atoms with van der Waals surface area (Å²) in [6.07, 6.45) is 5.26. The summed E-state index contributed by atoms with van der Waals surface area (Å²) in [6.45, 7) is 0.874. The monoisotopic (exact) mass is 485 g/mol. The predicted octanol–water partition coefficient (Wildman–Crippen LogP) is 5.31. The summed E-state index contributed by atoms with van der Waals surface area (Å²) in [7, 11) is 0. The van der Waals surface area contributed by atoms with Crippen LogP contribution in [0.15, 0.2) is 76.0 Å². The molecule has 2 amide bonds. The number of anilines is 2. The van der Waals surface area contributed by atoms with Gasteiger partial charge in [0, 0.05) is 27.6 Å². The molecule has 0 aliphatic carbocycles. The van der Waals surface area contributed by atoms with Gasteiger partial charge in [-0.25, -0.2) is 4.98 Å². The maximum Gasteiger partial charge on any atom is 0.259 e. The fourth-order valence-electron chi connectivity index (χ4n) is 3.71. The van der Waals surface area contributed by atoms with Crippen LogP contribution in [0.1, 0.15) is 20.7 Å².